The Bertz CT molecular complexity index is 676. The number of rotatable bonds is 2. The highest BCUT2D eigenvalue weighted by atomic mass is 16.5. The van der Waals surface area contributed by atoms with Gasteiger partial charge in [-0.2, -0.15) is 0 Å². The molecule has 0 saturated carbocycles. The zero-order chi connectivity index (χ0) is 14.9. The van der Waals surface area contributed by atoms with Gasteiger partial charge in [0, 0.05) is 24.4 Å². The van der Waals surface area contributed by atoms with Crippen molar-refractivity contribution in [1.82, 2.24) is 5.32 Å². The van der Waals surface area contributed by atoms with Crippen molar-refractivity contribution in [3.63, 3.8) is 0 Å². The highest BCUT2D eigenvalue weighted by Crippen LogP contribution is 2.24. The first kappa shape index (κ1) is 13.9. The number of anilines is 1. The number of nitrogens with two attached hydrogens (primary N) is 1. The lowest BCUT2D eigenvalue weighted by Gasteiger charge is -2.34. The zero-order valence-corrected chi connectivity index (χ0v) is 12.2. The molecule has 0 aromatic heterocycles. The van der Waals surface area contributed by atoms with Gasteiger partial charge >= 0.3 is 0 Å². The van der Waals surface area contributed by atoms with E-state index in [0.717, 1.165) is 23.6 Å². The molecule has 2 aromatic carbocycles. The maximum atomic E-state index is 12.6. The van der Waals surface area contributed by atoms with Crippen LogP contribution >= 0.6 is 0 Å². The molecule has 1 aliphatic rings. The molecule has 2 aromatic rings. The minimum Gasteiger partial charge on any atom is -0.398 e. The zero-order valence-electron chi connectivity index (χ0n) is 12.2. The molecule has 0 atom stereocenters. The van der Waals surface area contributed by atoms with E-state index in [9.17, 15) is 4.79 Å². The predicted molar refractivity (Wildman–Crippen MR) is 84.3 cm³/mol. The van der Waals surface area contributed by atoms with Gasteiger partial charge in [0.2, 0.25) is 0 Å². The molecule has 4 heteroatoms. The fraction of sp³-hybridized carbons (Fsp3) is 0.353. The SMILES string of the molecule is CC1(NC(=O)c2cc3ccccc3cc2N)CCOCC1. The standard InChI is InChI=1S/C17H20N2O2/c1-17(6-8-21-9-7-17)19-16(20)14-10-12-4-2-3-5-13(12)11-15(14)18/h2-5,10-11H,6-9,18H2,1H3,(H,19,20). The Labute approximate surface area is 124 Å². The van der Waals surface area contributed by atoms with Crippen LogP contribution in [-0.4, -0.2) is 24.7 Å². The number of nitrogen functional groups attached to an aromatic ring is 1. The molecule has 1 fully saturated rings. The maximum absolute atomic E-state index is 12.6. The summed E-state index contributed by atoms with van der Waals surface area (Å²) in [6.07, 6.45) is 1.65. The summed E-state index contributed by atoms with van der Waals surface area (Å²) < 4.78 is 5.36. The lowest BCUT2D eigenvalue weighted by molar-refractivity contribution is 0.0423. The quantitative estimate of drug-likeness (QED) is 0.833. The van der Waals surface area contributed by atoms with Gasteiger partial charge in [0.1, 0.15) is 0 Å². The van der Waals surface area contributed by atoms with Gasteiger partial charge in [-0.15, -0.1) is 0 Å². The second kappa shape index (κ2) is 5.37. The summed E-state index contributed by atoms with van der Waals surface area (Å²) >= 11 is 0. The molecule has 4 nitrogen and oxygen atoms in total. The smallest absolute Gasteiger partial charge is 0.253 e. The van der Waals surface area contributed by atoms with Crippen molar-refractivity contribution in [2.45, 2.75) is 25.3 Å². The fourth-order valence-corrected chi connectivity index (χ4v) is 2.74. The number of ether oxygens (including phenoxy) is 1. The molecule has 110 valence electrons. The number of amides is 1. The average molecular weight is 284 g/mol. The fourth-order valence-electron chi connectivity index (χ4n) is 2.74. The first-order chi connectivity index (χ1) is 10.1. The molecular formula is C17H20N2O2. The number of benzene rings is 2. The van der Waals surface area contributed by atoms with Gasteiger partial charge in [-0.05, 0) is 42.7 Å². The van der Waals surface area contributed by atoms with E-state index in [-0.39, 0.29) is 11.4 Å². The summed E-state index contributed by atoms with van der Waals surface area (Å²) in [5.41, 5.74) is 6.89. The van der Waals surface area contributed by atoms with Crippen LogP contribution < -0.4 is 11.1 Å². The van der Waals surface area contributed by atoms with Gasteiger partial charge in [-0.3, -0.25) is 4.79 Å². The normalized spacial score (nSPS) is 17.6. The molecule has 21 heavy (non-hydrogen) atoms. The van der Waals surface area contributed by atoms with Crippen molar-refractivity contribution in [2.75, 3.05) is 18.9 Å². The monoisotopic (exact) mass is 284 g/mol. The molecule has 1 amide bonds. The van der Waals surface area contributed by atoms with Gasteiger partial charge in [0.05, 0.1) is 5.56 Å². The highest BCUT2D eigenvalue weighted by molar-refractivity contribution is 6.04. The molecule has 1 heterocycles. The minimum atomic E-state index is -0.215. The molecule has 3 N–H and O–H groups in total. The molecule has 0 spiro atoms. The summed E-state index contributed by atoms with van der Waals surface area (Å²) in [7, 11) is 0. The molecule has 0 unspecified atom stereocenters. The van der Waals surface area contributed by atoms with Crippen molar-refractivity contribution >= 4 is 22.4 Å². The number of nitrogens with one attached hydrogen (secondary N) is 1. The van der Waals surface area contributed by atoms with E-state index in [4.69, 9.17) is 10.5 Å². The summed E-state index contributed by atoms with van der Waals surface area (Å²) in [6.45, 7) is 3.43. The number of hydrogen-bond acceptors (Lipinski definition) is 3. The Kier molecular flexibility index (Phi) is 3.55. The number of fused-ring (bicyclic) bond motifs is 1. The first-order valence-corrected chi connectivity index (χ1v) is 7.26. The van der Waals surface area contributed by atoms with Crippen molar-refractivity contribution in [3.8, 4) is 0 Å². The highest BCUT2D eigenvalue weighted by Gasteiger charge is 2.29. The first-order valence-electron chi connectivity index (χ1n) is 7.26. The van der Waals surface area contributed by atoms with Gasteiger partial charge < -0.3 is 15.8 Å². The van der Waals surface area contributed by atoms with E-state index >= 15 is 0 Å². The van der Waals surface area contributed by atoms with E-state index < -0.39 is 0 Å². The van der Waals surface area contributed by atoms with Crippen molar-refractivity contribution in [1.29, 1.82) is 0 Å². The van der Waals surface area contributed by atoms with E-state index in [1.54, 1.807) is 0 Å². The van der Waals surface area contributed by atoms with Crippen molar-refractivity contribution in [3.05, 3.63) is 42.0 Å². The maximum Gasteiger partial charge on any atom is 0.253 e. The topological polar surface area (TPSA) is 64.4 Å². The molecule has 0 bridgehead atoms. The van der Waals surface area contributed by atoms with Crippen LogP contribution in [0.5, 0.6) is 0 Å². The lowest BCUT2D eigenvalue weighted by Crippen LogP contribution is -2.49. The summed E-state index contributed by atoms with van der Waals surface area (Å²) in [6, 6.07) is 11.6. The minimum absolute atomic E-state index is 0.109. The molecule has 1 saturated heterocycles. The molecular weight excluding hydrogens is 264 g/mol. The van der Waals surface area contributed by atoms with Crippen LogP contribution in [0.25, 0.3) is 10.8 Å². The van der Waals surface area contributed by atoms with Crippen LogP contribution in [0.15, 0.2) is 36.4 Å². The Morgan fingerprint density at radius 3 is 2.48 bits per heavy atom. The molecule has 1 aliphatic heterocycles. The Morgan fingerprint density at radius 1 is 1.19 bits per heavy atom. The average Bonchev–Trinajstić information content (AvgIpc) is 2.46. The molecule has 0 radical (unpaired) electrons. The third-order valence-electron chi connectivity index (χ3n) is 4.17. The third-order valence-corrected chi connectivity index (χ3v) is 4.17. The third kappa shape index (κ3) is 2.85. The summed E-state index contributed by atoms with van der Waals surface area (Å²) in [5, 5.41) is 5.19. The van der Waals surface area contributed by atoms with Crippen LogP contribution in [-0.2, 0) is 4.74 Å². The van der Waals surface area contributed by atoms with Gasteiger partial charge in [-0.1, -0.05) is 24.3 Å². The van der Waals surface area contributed by atoms with E-state index in [2.05, 4.69) is 12.2 Å². The van der Waals surface area contributed by atoms with Gasteiger partial charge in [-0.25, -0.2) is 0 Å². The molecule has 3 rings (SSSR count). The van der Waals surface area contributed by atoms with Crippen LogP contribution in [0.2, 0.25) is 0 Å². The van der Waals surface area contributed by atoms with E-state index in [0.29, 0.717) is 24.5 Å². The van der Waals surface area contributed by atoms with Crippen LogP contribution in [0.1, 0.15) is 30.1 Å². The van der Waals surface area contributed by atoms with Gasteiger partial charge in [0.15, 0.2) is 0 Å². The second-order valence-electron chi connectivity index (χ2n) is 5.91. The number of carbonyl (C=O) groups is 1. The largest absolute Gasteiger partial charge is 0.398 e. The van der Waals surface area contributed by atoms with E-state index in [1.165, 1.54) is 0 Å². The van der Waals surface area contributed by atoms with Crippen molar-refractivity contribution in [2.24, 2.45) is 0 Å². The number of hydrogen-bond donors (Lipinski definition) is 2. The van der Waals surface area contributed by atoms with Crippen LogP contribution in [0, 0.1) is 0 Å². The Balaban J connectivity index is 1.88. The number of carbonyl (C=O) groups excluding carboxylic acids is 1. The van der Waals surface area contributed by atoms with Crippen LogP contribution in [0.3, 0.4) is 0 Å². The predicted octanol–water partition coefficient (Wildman–Crippen LogP) is 2.72. The van der Waals surface area contributed by atoms with Crippen molar-refractivity contribution < 1.29 is 9.53 Å². The summed E-state index contributed by atoms with van der Waals surface area (Å²) in [5.74, 6) is -0.109. The Hall–Kier alpha value is -2.07. The Morgan fingerprint density at radius 2 is 1.81 bits per heavy atom. The summed E-state index contributed by atoms with van der Waals surface area (Å²) in [4.78, 5) is 12.6. The van der Waals surface area contributed by atoms with Crippen LogP contribution in [0.4, 0.5) is 5.69 Å². The molecule has 0 aliphatic carbocycles. The van der Waals surface area contributed by atoms with E-state index in [1.807, 2.05) is 36.4 Å². The van der Waals surface area contributed by atoms with Gasteiger partial charge in [0.25, 0.3) is 5.91 Å². The second-order valence-corrected chi connectivity index (χ2v) is 5.91. The lowest BCUT2D eigenvalue weighted by atomic mass is 9.92.